The predicted octanol–water partition coefficient (Wildman–Crippen LogP) is 1.36. The zero-order valence-electron chi connectivity index (χ0n) is 11.4. The molecular formula is C13H23N3O. The summed E-state index contributed by atoms with van der Waals surface area (Å²) in [6, 6.07) is 2.03. The normalized spacial score (nSPS) is 11.7. The minimum absolute atomic E-state index is 0.463. The lowest BCUT2D eigenvalue weighted by Crippen LogP contribution is -2.37. The molecule has 0 aliphatic heterocycles. The van der Waals surface area contributed by atoms with Crippen LogP contribution in [0, 0.1) is 13.8 Å². The Labute approximate surface area is 103 Å². The fourth-order valence-electron chi connectivity index (χ4n) is 2.07. The number of pyridine rings is 1. The number of nitrogens with zero attached hydrogens (tertiary/aromatic N) is 2. The Hall–Kier alpha value is -1.13. The number of rotatable bonds is 4. The topological polar surface area (TPSA) is 62.4 Å². The van der Waals surface area contributed by atoms with Crippen molar-refractivity contribution in [1.82, 2.24) is 4.98 Å². The predicted molar refractivity (Wildman–Crippen MR) is 71.2 cm³/mol. The molecule has 96 valence electrons. The van der Waals surface area contributed by atoms with Gasteiger partial charge < -0.3 is 15.7 Å². The fourth-order valence-corrected chi connectivity index (χ4v) is 2.07. The first-order valence-electron chi connectivity index (χ1n) is 5.85. The lowest BCUT2D eigenvalue weighted by atomic mass is 10.1. The van der Waals surface area contributed by atoms with Crippen molar-refractivity contribution in [2.75, 3.05) is 18.5 Å². The largest absolute Gasteiger partial charge is 0.389 e. The second kappa shape index (κ2) is 5.02. The Kier molecular flexibility index (Phi) is 4.11. The number of hydrogen-bond donors (Lipinski definition) is 2. The van der Waals surface area contributed by atoms with Crippen LogP contribution in [-0.4, -0.2) is 29.3 Å². The van der Waals surface area contributed by atoms with E-state index in [1.807, 2.05) is 31.9 Å². The van der Waals surface area contributed by atoms with E-state index in [1.165, 1.54) is 0 Å². The average molecular weight is 237 g/mol. The van der Waals surface area contributed by atoms with Crippen molar-refractivity contribution in [2.24, 2.45) is 5.73 Å². The highest BCUT2D eigenvalue weighted by Crippen LogP contribution is 2.22. The van der Waals surface area contributed by atoms with Crippen molar-refractivity contribution in [3.05, 3.63) is 22.9 Å². The van der Waals surface area contributed by atoms with Crippen LogP contribution in [0.1, 0.15) is 30.7 Å². The van der Waals surface area contributed by atoms with Crippen LogP contribution in [0.3, 0.4) is 0 Å². The van der Waals surface area contributed by atoms with E-state index in [0.717, 1.165) is 22.6 Å². The van der Waals surface area contributed by atoms with Crippen LogP contribution in [0.25, 0.3) is 0 Å². The molecule has 0 saturated heterocycles. The molecule has 1 aromatic heterocycles. The molecule has 4 nitrogen and oxygen atoms in total. The van der Waals surface area contributed by atoms with Crippen LogP contribution < -0.4 is 10.6 Å². The van der Waals surface area contributed by atoms with Gasteiger partial charge in [-0.1, -0.05) is 0 Å². The summed E-state index contributed by atoms with van der Waals surface area (Å²) < 4.78 is 0. The van der Waals surface area contributed by atoms with Gasteiger partial charge in [0.25, 0.3) is 0 Å². The zero-order valence-corrected chi connectivity index (χ0v) is 11.4. The number of aryl methyl sites for hydroxylation is 2. The Morgan fingerprint density at radius 3 is 2.47 bits per heavy atom. The van der Waals surface area contributed by atoms with Crippen LogP contribution in [0.15, 0.2) is 6.07 Å². The van der Waals surface area contributed by atoms with Crippen molar-refractivity contribution in [3.8, 4) is 0 Å². The number of nitrogens with two attached hydrogens (primary N) is 1. The van der Waals surface area contributed by atoms with Gasteiger partial charge in [0.15, 0.2) is 0 Å². The van der Waals surface area contributed by atoms with Gasteiger partial charge in [-0.3, -0.25) is 0 Å². The molecule has 1 heterocycles. The van der Waals surface area contributed by atoms with E-state index >= 15 is 0 Å². The van der Waals surface area contributed by atoms with Crippen LogP contribution in [0.4, 0.5) is 5.82 Å². The van der Waals surface area contributed by atoms with Gasteiger partial charge in [0, 0.05) is 31.4 Å². The summed E-state index contributed by atoms with van der Waals surface area (Å²) in [5, 5.41) is 9.85. The molecule has 1 rings (SSSR count). The summed E-state index contributed by atoms with van der Waals surface area (Å²) >= 11 is 0. The molecule has 0 atom stereocenters. The number of aromatic nitrogens is 1. The maximum atomic E-state index is 9.85. The summed E-state index contributed by atoms with van der Waals surface area (Å²) in [6.45, 7) is 8.57. The Bertz CT molecular complexity index is 396. The minimum atomic E-state index is -0.750. The lowest BCUT2D eigenvalue weighted by Gasteiger charge is -2.28. The monoisotopic (exact) mass is 237 g/mol. The molecule has 0 bridgehead atoms. The van der Waals surface area contributed by atoms with Gasteiger partial charge in [-0.15, -0.1) is 0 Å². The number of hydrogen-bond acceptors (Lipinski definition) is 4. The van der Waals surface area contributed by atoms with E-state index in [-0.39, 0.29) is 0 Å². The number of anilines is 1. The van der Waals surface area contributed by atoms with Crippen molar-refractivity contribution < 1.29 is 5.11 Å². The first kappa shape index (κ1) is 13.9. The zero-order chi connectivity index (χ0) is 13.2. The van der Waals surface area contributed by atoms with Crippen molar-refractivity contribution >= 4 is 5.82 Å². The second-order valence-electron chi connectivity index (χ2n) is 5.26. The van der Waals surface area contributed by atoms with Crippen LogP contribution in [0.5, 0.6) is 0 Å². The average Bonchev–Trinajstić information content (AvgIpc) is 2.13. The maximum Gasteiger partial charge on any atom is 0.133 e. The van der Waals surface area contributed by atoms with E-state index in [1.54, 1.807) is 13.8 Å². The summed E-state index contributed by atoms with van der Waals surface area (Å²) in [5.41, 5.74) is 8.19. The molecule has 4 heteroatoms. The van der Waals surface area contributed by atoms with E-state index < -0.39 is 5.60 Å². The standard InChI is InChI=1S/C13H23N3O/c1-9-6-10(2)15-12(11(9)7-14)16(5)8-13(3,4)17/h6,17H,7-8,14H2,1-5H3. The van der Waals surface area contributed by atoms with Crippen molar-refractivity contribution in [1.29, 1.82) is 0 Å². The summed E-state index contributed by atoms with van der Waals surface area (Å²) in [7, 11) is 1.93. The van der Waals surface area contributed by atoms with E-state index in [0.29, 0.717) is 13.1 Å². The van der Waals surface area contributed by atoms with Gasteiger partial charge in [0.05, 0.1) is 5.60 Å². The first-order valence-corrected chi connectivity index (χ1v) is 5.85. The number of aliphatic hydroxyl groups is 1. The second-order valence-corrected chi connectivity index (χ2v) is 5.26. The molecule has 0 fully saturated rings. The minimum Gasteiger partial charge on any atom is -0.389 e. The third kappa shape index (κ3) is 3.68. The molecule has 0 unspecified atom stereocenters. The molecule has 1 aromatic rings. The van der Waals surface area contributed by atoms with Gasteiger partial charge in [-0.2, -0.15) is 0 Å². The number of likely N-dealkylation sites (N-methyl/N-ethyl adjacent to an activating group) is 1. The van der Waals surface area contributed by atoms with Gasteiger partial charge in [-0.05, 0) is 39.3 Å². The van der Waals surface area contributed by atoms with Crippen LogP contribution in [0.2, 0.25) is 0 Å². The van der Waals surface area contributed by atoms with E-state index in [9.17, 15) is 5.11 Å². The molecule has 17 heavy (non-hydrogen) atoms. The highest BCUT2D eigenvalue weighted by atomic mass is 16.3. The summed E-state index contributed by atoms with van der Waals surface area (Å²) in [6.07, 6.45) is 0. The van der Waals surface area contributed by atoms with Gasteiger partial charge >= 0.3 is 0 Å². The van der Waals surface area contributed by atoms with Crippen LogP contribution >= 0.6 is 0 Å². The molecule has 0 saturated carbocycles. The molecule has 0 radical (unpaired) electrons. The molecule has 0 aliphatic carbocycles. The Morgan fingerprint density at radius 1 is 1.41 bits per heavy atom. The molecule has 0 aliphatic rings. The molecular weight excluding hydrogens is 214 g/mol. The maximum absolute atomic E-state index is 9.85. The van der Waals surface area contributed by atoms with Gasteiger partial charge in [0.2, 0.25) is 0 Å². The molecule has 0 aromatic carbocycles. The lowest BCUT2D eigenvalue weighted by molar-refractivity contribution is 0.0884. The van der Waals surface area contributed by atoms with E-state index in [2.05, 4.69) is 4.98 Å². The fraction of sp³-hybridized carbons (Fsp3) is 0.615. The third-order valence-electron chi connectivity index (χ3n) is 2.64. The summed E-state index contributed by atoms with van der Waals surface area (Å²) in [5.74, 6) is 0.868. The van der Waals surface area contributed by atoms with E-state index in [4.69, 9.17) is 5.73 Å². The quantitative estimate of drug-likeness (QED) is 0.830. The Morgan fingerprint density at radius 2 is 2.00 bits per heavy atom. The highest BCUT2D eigenvalue weighted by Gasteiger charge is 2.19. The van der Waals surface area contributed by atoms with Gasteiger partial charge in [-0.25, -0.2) is 4.98 Å². The van der Waals surface area contributed by atoms with Crippen LogP contribution in [-0.2, 0) is 6.54 Å². The smallest absolute Gasteiger partial charge is 0.133 e. The highest BCUT2D eigenvalue weighted by molar-refractivity contribution is 5.51. The molecule has 0 spiro atoms. The van der Waals surface area contributed by atoms with Gasteiger partial charge in [0.1, 0.15) is 5.82 Å². The molecule has 3 N–H and O–H groups in total. The Balaban J connectivity index is 3.11. The summed E-state index contributed by atoms with van der Waals surface area (Å²) in [4.78, 5) is 6.48. The van der Waals surface area contributed by atoms with Crippen molar-refractivity contribution in [3.63, 3.8) is 0 Å². The molecule has 0 amide bonds. The third-order valence-corrected chi connectivity index (χ3v) is 2.64. The van der Waals surface area contributed by atoms with Crippen molar-refractivity contribution in [2.45, 2.75) is 39.8 Å². The SMILES string of the molecule is Cc1cc(C)c(CN)c(N(C)CC(C)(C)O)n1. The first-order chi connectivity index (χ1) is 7.74.